The molecule has 0 aromatic carbocycles. The predicted octanol–water partition coefficient (Wildman–Crippen LogP) is 2.63. The minimum atomic E-state index is -2.71. The number of alkyl carbamates (subject to hydrolysis) is 1. The molecule has 33 heavy (non-hydrogen) atoms. The predicted molar refractivity (Wildman–Crippen MR) is 117 cm³/mol. The van der Waals surface area contributed by atoms with Gasteiger partial charge in [0.2, 0.25) is 17.7 Å². The molecule has 188 valence electrons. The zero-order valence-electron chi connectivity index (χ0n) is 19.1. The van der Waals surface area contributed by atoms with Gasteiger partial charge in [0.05, 0.1) is 12.6 Å². The maximum Gasteiger partial charge on any atom is 0.408 e. The topological polar surface area (TPSA) is 117 Å². The fourth-order valence-electron chi connectivity index (χ4n) is 5.14. The highest BCUT2D eigenvalue weighted by Gasteiger charge is 2.37. The number of carbonyl (C=O) groups is 3. The number of ether oxygens (including phenoxy) is 1. The van der Waals surface area contributed by atoms with Crippen LogP contribution in [-0.4, -0.2) is 60.3 Å². The van der Waals surface area contributed by atoms with Gasteiger partial charge in [0.25, 0.3) is 0 Å². The molecule has 3 fully saturated rings. The van der Waals surface area contributed by atoms with Crippen LogP contribution in [0.4, 0.5) is 13.6 Å². The van der Waals surface area contributed by atoms with Crippen LogP contribution in [0.15, 0.2) is 0 Å². The summed E-state index contributed by atoms with van der Waals surface area (Å²) in [7, 11) is 0. The largest absolute Gasteiger partial charge is 0.446 e. The van der Waals surface area contributed by atoms with Crippen LogP contribution in [0.5, 0.6) is 0 Å². The molecule has 3 rings (SSSR count). The molecule has 2 aliphatic carbocycles. The molecule has 3 atom stereocenters. The van der Waals surface area contributed by atoms with Crippen molar-refractivity contribution >= 4 is 17.9 Å². The summed E-state index contributed by atoms with van der Waals surface area (Å²) in [4.78, 5) is 37.4. The van der Waals surface area contributed by atoms with E-state index in [0.717, 1.165) is 32.1 Å². The number of halogens is 2. The van der Waals surface area contributed by atoms with E-state index in [4.69, 9.17) is 4.74 Å². The van der Waals surface area contributed by atoms with Crippen LogP contribution in [0.1, 0.15) is 77.0 Å². The van der Waals surface area contributed by atoms with Crippen LogP contribution in [0.25, 0.3) is 0 Å². The normalized spacial score (nSPS) is 25.7. The first-order chi connectivity index (χ1) is 15.8. The lowest BCUT2D eigenvalue weighted by Gasteiger charge is -2.30. The number of hydrogen-bond donors (Lipinski definition) is 4. The number of amides is 3. The van der Waals surface area contributed by atoms with Gasteiger partial charge >= 0.3 is 6.09 Å². The van der Waals surface area contributed by atoms with Crippen molar-refractivity contribution < 1.29 is 33.0 Å². The maximum absolute atomic E-state index is 13.4. The molecule has 4 N–H and O–H groups in total. The highest BCUT2D eigenvalue weighted by molar-refractivity contribution is 5.86. The molecule has 3 aliphatic rings. The fraction of sp³-hybridized carbons (Fsp3) is 0.870. The van der Waals surface area contributed by atoms with E-state index in [1.807, 2.05) is 0 Å². The van der Waals surface area contributed by atoms with E-state index in [0.29, 0.717) is 25.8 Å². The van der Waals surface area contributed by atoms with Gasteiger partial charge in [-0.15, -0.1) is 0 Å². The number of carbonyl (C=O) groups excluding carboxylic acids is 3. The Balaban J connectivity index is 1.56. The summed E-state index contributed by atoms with van der Waals surface area (Å²) in [5.41, 5.74) is 0. The number of aliphatic hydroxyl groups is 1. The van der Waals surface area contributed by atoms with Gasteiger partial charge in [-0.2, -0.15) is 0 Å². The van der Waals surface area contributed by atoms with Gasteiger partial charge in [0, 0.05) is 25.3 Å². The second-order valence-electron chi connectivity index (χ2n) is 9.80. The SMILES string of the molecule is O=C(NC(CC1CCCCC1)C(=O)NC(CO)C[C@@H]1CCNC1=O)OC1CCC(F)(F)CC1. The first kappa shape index (κ1) is 25.6. The second kappa shape index (κ2) is 11.9. The molecule has 1 aliphatic heterocycles. The molecular weight excluding hydrogens is 436 g/mol. The molecular formula is C23H37F2N3O5. The molecule has 1 saturated heterocycles. The Kier molecular flexibility index (Phi) is 9.28. The van der Waals surface area contributed by atoms with Crippen molar-refractivity contribution in [2.24, 2.45) is 11.8 Å². The van der Waals surface area contributed by atoms with E-state index in [1.165, 1.54) is 0 Å². The van der Waals surface area contributed by atoms with Crippen molar-refractivity contribution in [2.75, 3.05) is 13.2 Å². The molecule has 0 aromatic rings. The Morgan fingerprint density at radius 2 is 1.76 bits per heavy atom. The molecule has 3 amide bonds. The monoisotopic (exact) mass is 473 g/mol. The summed E-state index contributed by atoms with van der Waals surface area (Å²) in [5.74, 6) is -3.20. The van der Waals surface area contributed by atoms with Crippen molar-refractivity contribution in [3.63, 3.8) is 0 Å². The Hall–Kier alpha value is -1.97. The van der Waals surface area contributed by atoms with Gasteiger partial charge in [0.15, 0.2) is 0 Å². The van der Waals surface area contributed by atoms with Crippen LogP contribution in [0.2, 0.25) is 0 Å². The lowest BCUT2D eigenvalue weighted by atomic mass is 9.84. The number of nitrogens with one attached hydrogen (secondary N) is 3. The van der Waals surface area contributed by atoms with Crippen molar-refractivity contribution in [3.8, 4) is 0 Å². The summed E-state index contributed by atoms with van der Waals surface area (Å²) in [6.07, 6.45) is 4.88. The zero-order chi connectivity index (χ0) is 23.8. The molecule has 0 aromatic heterocycles. The summed E-state index contributed by atoms with van der Waals surface area (Å²) >= 11 is 0. The summed E-state index contributed by atoms with van der Waals surface area (Å²) < 4.78 is 32.1. The average molecular weight is 474 g/mol. The second-order valence-corrected chi connectivity index (χ2v) is 9.80. The highest BCUT2D eigenvalue weighted by atomic mass is 19.3. The first-order valence-electron chi connectivity index (χ1n) is 12.3. The van der Waals surface area contributed by atoms with Gasteiger partial charge in [-0.25, -0.2) is 13.6 Å². The molecule has 8 nitrogen and oxygen atoms in total. The van der Waals surface area contributed by atoms with Gasteiger partial charge in [-0.3, -0.25) is 9.59 Å². The van der Waals surface area contributed by atoms with E-state index >= 15 is 0 Å². The third-order valence-corrected chi connectivity index (χ3v) is 7.14. The molecule has 10 heteroatoms. The maximum atomic E-state index is 13.4. The van der Waals surface area contributed by atoms with Gasteiger partial charge in [0.1, 0.15) is 12.1 Å². The Labute approximate surface area is 193 Å². The lowest BCUT2D eigenvalue weighted by molar-refractivity contribution is -0.126. The quantitative estimate of drug-likeness (QED) is 0.411. The van der Waals surface area contributed by atoms with Crippen LogP contribution in [0, 0.1) is 11.8 Å². The van der Waals surface area contributed by atoms with E-state index < -0.39 is 36.1 Å². The molecule has 2 unspecified atom stereocenters. The first-order valence-corrected chi connectivity index (χ1v) is 12.3. The van der Waals surface area contributed by atoms with Gasteiger partial charge in [-0.1, -0.05) is 32.1 Å². The smallest absolute Gasteiger partial charge is 0.408 e. The van der Waals surface area contributed by atoms with Crippen molar-refractivity contribution in [1.29, 1.82) is 0 Å². The molecule has 2 saturated carbocycles. The van der Waals surface area contributed by atoms with Crippen molar-refractivity contribution in [2.45, 2.75) is 101 Å². The molecule has 0 spiro atoms. The zero-order valence-corrected chi connectivity index (χ0v) is 19.1. The minimum absolute atomic E-state index is 0.0822. The van der Waals surface area contributed by atoms with E-state index in [1.54, 1.807) is 0 Å². The van der Waals surface area contributed by atoms with E-state index in [9.17, 15) is 28.3 Å². The van der Waals surface area contributed by atoms with E-state index in [2.05, 4.69) is 16.0 Å². The summed E-state index contributed by atoms with van der Waals surface area (Å²) in [6.45, 7) is 0.271. The van der Waals surface area contributed by atoms with E-state index in [-0.39, 0.29) is 50.0 Å². The van der Waals surface area contributed by atoms with Crippen molar-refractivity contribution in [3.05, 3.63) is 0 Å². The Bertz CT molecular complexity index is 677. The third-order valence-electron chi connectivity index (χ3n) is 7.14. The molecule has 1 heterocycles. The minimum Gasteiger partial charge on any atom is -0.446 e. The Morgan fingerprint density at radius 1 is 1.06 bits per heavy atom. The van der Waals surface area contributed by atoms with Gasteiger partial charge < -0.3 is 25.8 Å². The number of aliphatic hydroxyl groups excluding tert-OH is 1. The van der Waals surface area contributed by atoms with Crippen molar-refractivity contribution in [1.82, 2.24) is 16.0 Å². The van der Waals surface area contributed by atoms with Crippen LogP contribution >= 0.6 is 0 Å². The highest BCUT2D eigenvalue weighted by Crippen LogP contribution is 2.34. The summed E-state index contributed by atoms with van der Waals surface area (Å²) in [6, 6.07) is -1.45. The number of rotatable bonds is 9. The van der Waals surface area contributed by atoms with Crippen LogP contribution < -0.4 is 16.0 Å². The fourth-order valence-corrected chi connectivity index (χ4v) is 5.14. The van der Waals surface area contributed by atoms with Crippen LogP contribution in [0.3, 0.4) is 0 Å². The third kappa shape index (κ3) is 8.08. The number of hydrogen-bond acceptors (Lipinski definition) is 5. The standard InChI is InChI=1S/C23H37F2N3O5/c24-23(25)9-6-18(7-10-23)33-22(32)28-19(12-15-4-2-1-3-5-15)21(31)27-17(14-29)13-16-8-11-26-20(16)30/h15-19,29H,1-14H2,(H,26,30)(H,27,31)(H,28,32)/t16-,17?,19?/m0/s1. The number of alkyl halides is 2. The molecule has 0 radical (unpaired) electrons. The van der Waals surface area contributed by atoms with Crippen LogP contribution in [-0.2, 0) is 14.3 Å². The van der Waals surface area contributed by atoms with Gasteiger partial charge in [-0.05, 0) is 38.0 Å². The Morgan fingerprint density at radius 3 is 2.36 bits per heavy atom. The summed E-state index contributed by atoms with van der Waals surface area (Å²) in [5, 5.41) is 17.9. The lowest BCUT2D eigenvalue weighted by Crippen LogP contribution is -2.52. The average Bonchev–Trinajstić information content (AvgIpc) is 3.19. The molecule has 0 bridgehead atoms.